The number of hydrogen-bond donors (Lipinski definition) is 2. The van der Waals surface area contributed by atoms with Crippen molar-refractivity contribution in [3.63, 3.8) is 0 Å². The van der Waals surface area contributed by atoms with Crippen molar-refractivity contribution in [3.8, 4) is 0 Å². The van der Waals surface area contributed by atoms with Gasteiger partial charge in [-0.25, -0.2) is 0 Å². The number of carbonyl (C=O) groups excluding carboxylic acids is 2. The molecule has 0 rings (SSSR count). The monoisotopic (exact) mass is 350 g/mol. The Hall–Kier alpha value is -0.880. The zero-order chi connectivity index (χ0) is 18.0. The molecule has 6 heteroatoms. The summed E-state index contributed by atoms with van der Waals surface area (Å²) < 4.78 is 9.65. The minimum atomic E-state index is -0.332. The van der Waals surface area contributed by atoms with Gasteiger partial charge in [-0.15, -0.1) is 13.2 Å². The van der Waals surface area contributed by atoms with Crippen molar-refractivity contribution in [2.45, 2.75) is 51.0 Å². The van der Waals surface area contributed by atoms with Crippen LogP contribution < -0.4 is 0 Å². The topological polar surface area (TPSA) is 52.6 Å². The number of carbonyl (C=O) groups is 2. The first-order chi connectivity index (χ1) is 10.2. The molecule has 0 aromatic heterocycles. The summed E-state index contributed by atoms with van der Waals surface area (Å²) in [5, 5.41) is -0.0554. The molecule has 0 aliphatic rings. The fourth-order valence-electron chi connectivity index (χ4n) is 0.911. The average molecular weight is 351 g/mol. The van der Waals surface area contributed by atoms with Gasteiger partial charge in [0.1, 0.15) is 13.2 Å². The van der Waals surface area contributed by atoms with Gasteiger partial charge in [0.15, 0.2) is 0 Å². The van der Waals surface area contributed by atoms with Gasteiger partial charge in [0.2, 0.25) is 0 Å². The molecule has 0 amide bonds. The fourth-order valence-corrected chi connectivity index (χ4v) is 1.21. The van der Waals surface area contributed by atoms with Gasteiger partial charge in [-0.05, 0) is 13.8 Å². The van der Waals surface area contributed by atoms with Crippen LogP contribution in [0.4, 0.5) is 0 Å². The van der Waals surface area contributed by atoms with Gasteiger partial charge in [-0.3, -0.25) is 9.59 Å². The smallest absolute Gasteiger partial charge is 0.307 e. The second kappa shape index (κ2) is 20.1. The van der Waals surface area contributed by atoms with Crippen molar-refractivity contribution in [3.05, 3.63) is 25.3 Å². The van der Waals surface area contributed by atoms with E-state index in [1.165, 1.54) is 0 Å². The van der Waals surface area contributed by atoms with Crippen LogP contribution >= 0.6 is 25.3 Å². The largest absolute Gasteiger partial charge is 0.462 e. The van der Waals surface area contributed by atoms with E-state index in [1.807, 2.05) is 13.8 Å². The summed E-state index contributed by atoms with van der Waals surface area (Å²) in [6.07, 6.45) is 4.01. The van der Waals surface area contributed by atoms with Crippen LogP contribution in [-0.4, -0.2) is 35.7 Å². The van der Waals surface area contributed by atoms with Gasteiger partial charge in [0.25, 0.3) is 0 Å². The number of hydrogen-bond acceptors (Lipinski definition) is 6. The highest BCUT2D eigenvalue weighted by Gasteiger charge is 2.08. The molecule has 0 saturated carbocycles. The second-order valence-electron chi connectivity index (χ2n) is 4.36. The van der Waals surface area contributed by atoms with E-state index in [4.69, 9.17) is 9.47 Å². The number of allylic oxidation sites excluding steroid dienone is 2. The van der Waals surface area contributed by atoms with E-state index < -0.39 is 0 Å². The van der Waals surface area contributed by atoms with Crippen LogP contribution in [-0.2, 0) is 19.1 Å². The summed E-state index contributed by atoms with van der Waals surface area (Å²) in [6.45, 7) is 14.3. The third-order valence-electron chi connectivity index (χ3n) is 1.53. The highest BCUT2D eigenvalue weighted by Crippen LogP contribution is 2.02. The Morgan fingerprint density at radius 1 is 0.909 bits per heavy atom. The molecular formula is C16H30O4S2. The summed E-state index contributed by atoms with van der Waals surface area (Å²) in [6, 6.07) is 0. The molecule has 0 aliphatic heterocycles. The summed E-state index contributed by atoms with van der Waals surface area (Å²) in [7, 11) is 0. The molecule has 4 nitrogen and oxygen atoms in total. The lowest BCUT2D eigenvalue weighted by Crippen LogP contribution is -2.16. The predicted molar refractivity (Wildman–Crippen MR) is 99.8 cm³/mol. The van der Waals surface area contributed by atoms with Gasteiger partial charge >= 0.3 is 11.9 Å². The van der Waals surface area contributed by atoms with Crippen molar-refractivity contribution in [2.24, 2.45) is 0 Å². The Morgan fingerprint density at radius 2 is 1.14 bits per heavy atom. The Kier molecular flexibility index (Phi) is 23.8. The molecule has 0 radical (unpaired) electrons. The first kappa shape index (κ1) is 26.0. The molecule has 130 valence electrons. The van der Waals surface area contributed by atoms with Crippen LogP contribution in [0.1, 0.15) is 40.5 Å². The van der Waals surface area contributed by atoms with Crippen molar-refractivity contribution in [1.29, 1.82) is 0 Å². The van der Waals surface area contributed by atoms with Crippen LogP contribution in [0.25, 0.3) is 0 Å². The standard InChI is InChI=1S/C10H18O4S2.2C3H6/c1-7(15)5-9(11)13-3-4-14-10(12)6-8(2)16;2*1-3-2/h7-8,15-16H,3-6H2,1-2H3;2*3H,1H2,2H3. The first-order valence-electron chi connectivity index (χ1n) is 7.06. The minimum absolute atomic E-state index is 0.0277. The summed E-state index contributed by atoms with van der Waals surface area (Å²) in [5.74, 6) is -0.665. The lowest BCUT2D eigenvalue weighted by molar-refractivity contribution is -0.152. The summed E-state index contributed by atoms with van der Waals surface area (Å²) in [5.41, 5.74) is 0. The van der Waals surface area contributed by atoms with E-state index in [0.29, 0.717) is 0 Å². The minimum Gasteiger partial charge on any atom is -0.462 e. The summed E-state index contributed by atoms with van der Waals surface area (Å²) >= 11 is 8.12. The van der Waals surface area contributed by atoms with E-state index in [-0.39, 0.29) is 48.5 Å². The van der Waals surface area contributed by atoms with Crippen LogP contribution in [0.15, 0.2) is 25.3 Å². The van der Waals surface area contributed by atoms with Crippen LogP contribution in [0, 0.1) is 0 Å². The zero-order valence-electron chi connectivity index (χ0n) is 14.1. The van der Waals surface area contributed by atoms with Gasteiger partial charge in [0.05, 0.1) is 12.8 Å². The van der Waals surface area contributed by atoms with Crippen LogP contribution in [0.2, 0.25) is 0 Å². The lowest BCUT2D eigenvalue weighted by atomic mass is 10.3. The Bertz CT molecular complexity index is 273. The molecule has 2 atom stereocenters. The normalized spacial score (nSPS) is 11.4. The molecule has 0 saturated heterocycles. The average Bonchev–Trinajstić information content (AvgIpc) is 2.35. The molecule has 0 fully saturated rings. The van der Waals surface area contributed by atoms with Gasteiger partial charge in [-0.2, -0.15) is 25.3 Å². The molecular weight excluding hydrogens is 320 g/mol. The Balaban J connectivity index is -0.000000515. The molecule has 0 aromatic rings. The molecule has 2 unspecified atom stereocenters. The highest BCUT2D eigenvalue weighted by molar-refractivity contribution is 7.81. The third kappa shape index (κ3) is 31.5. The molecule has 22 heavy (non-hydrogen) atoms. The Morgan fingerprint density at radius 3 is 1.32 bits per heavy atom. The SMILES string of the molecule is C=CC.C=CC.CC(S)CC(=O)OCCOC(=O)CC(C)S. The van der Waals surface area contributed by atoms with E-state index >= 15 is 0 Å². The Labute approximate surface area is 146 Å². The van der Waals surface area contributed by atoms with Crippen LogP contribution in [0.3, 0.4) is 0 Å². The molecule has 0 N–H and O–H groups in total. The molecule has 0 spiro atoms. The number of thiol groups is 2. The second-order valence-corrected chi connectivity index (χ2v) is 6.13. The van der Waals surface area contributed by atoms with Gasteiger partial charge < -0.3 is 9.47 Å². The van der Waals surface area contributed by atoms with Crippen molar-refractivity contribution >= 4 is 37.2 Å². The highest BCUT2D eigenvalue weighted by atomic mass is 32.1. The van der Waals surface area contributed by atoms with Crippen LogP contribution in [0.5, 0.6) is 0 Å². The zero-order valence-corrected chi connectivity index (χ0v) is 15.9. The van der Waals surface area contributed by atoms with E-state index in [0.717, 1.165) is 0 Å². The van der Waals surface area contributed by atoms with Crippen molar-refractivity contribution in [1.82, 2.24) is 0 Å². The van der Waals surface area contributed by atoms with E-state index in [2.05, 4.69) is 38.4 Å². The fraction of sp³-hybridized carbons (Fsp3) is 0.625. The van der Waals surface area contributed by atoms with E-state index in [1.54, 1.807) is 26.0 Å². The quantitative estimate of drug-likeness (QED) is 0.317. The van der Waals surface area contributed by atoms with Crippen molar-refractivity contribution in [2.75, 3.05) is 13.2 Å². The maximum absolute atomic E-state index is 11.1. The molecule has 0 aromatic carbocycles. The lowest BCUT2D eigenvalue weighted by Gasteiger charge is -2.08. The predicted octanol–water partition coefficient (Wildman–Crippen LogP) is 3.87. The maximum atomic E-state index is 11.1. The van der Waals surface area contributed by atoms with E-state index in [9.17, 15) is 9.59 Å². The number of esters is 2. The van der Waals surface area contributed by atoms with Crippen molar-refractivity contribution < 1.29 is 19.1 Å². The molecule has 0 bridgehead atoms. The number of ether oxygens (including phenoxy) is 2. The van der Waals surface area contributed by atoms with Gasteiger partial charge in [-0.1, -0.05) is 26.0 Å². The number of rotatable bonds is 7. The molecule has 0 aliphatic carbocycles. The summed E-state index contributed by atoms with van der Waals surface area (Å²) in [4.78, 5) is 22.1. The maximum Gasteiger partial charge on any atom is 0.307 e. The first-order valence-corrected chi connectivity index (χ1v) is 8.09. The third-order valence-corrected chi connectivity index (χ3v) is 1.90. The van der Waals surface area contributed by atoms with Gasteiger partial charge in [0, 0.05) is 10.5 Å². The molecule has 0 heterocycles.